The molecule has 0 amide bonds. The van der Waals surface area contributed by atoms with E-state index in [1.54, 1.807) is 0 Å². The highest BCUT2D eigenvalue weighted by atomic mass is 35.5. The average molecular weight is 398 g/mol. The minimum Gasteiger partial charge on any atom is -0.328 e. The predicted octanol–water partition coefficient (Wildman–Crippen LogP) is 3.77. The zero-order chi connectivity index (χ0) is 17.8. The van der Waals surface area contributed by atoms with E-state index in [4.69, 9.17) is 39.9 Å². The van der Waals surface area contributed by atoms with E-state index in [1.807, 2.05) is 43.3 Å². The van der Waals surface area contributed by atoms with Gasteiger partial charge in [0.05, 0.1) is 41.9 Å². The van der Waals surface area contributed by atoms with Crippen LogP contribution in [0.3, 0.4) is 0 Å². The first kappa shape index (κ1) is 18.5. The van der Waals surface area contributed by atoms with Gasteiger partial charge in [-0.15, -0.1) is 0 Å². The molecule has 1 fully saturated rings. The second-order valence-electron chi connectivity index (χ2n) is 6.29. The van der Waals surface area contributed by atoms with Gasteiger partial charge in [0, 0.05) is 10.6 Å². The molecule has 1 aliphatic rings. The minimum atomic E-state index is 0.558. The Morgan fingerprint density at radius 3 is 2.40 bits per heavy atom. The summed E-state index contributed by atoms with van der Waals surface area (Å²) in [6, 6.07) is 13.7. The smallest absolute Gasteiger partial charge is 0.104 e. The topological polar surface area (TPSA) is 20.0 Å². The second kappa shape index (κ2) is 8.41. The molecule has 2 aromatic rings. The Morgan fingerprint density at radius 2 is 1.72 bits per heavy atom. The van der Waals surface area contributed by atoms with E-state index in [0.717, 1.165) is 49.0 Å². The Balaban J connectivity index is 1.58. The molecule has 3 rings (SSSR count). The summed E-state index contributed by atoms with van der Waals surface area (Å²) in [5.74, 6) is 0. The van der Waals surface area contributed by atoms with Crippen LogP contribution in [0.25, 0.3) is 0 Å². The van der Waals surface area contributed by atoms with Gasteiger partial charge in [0.2, 0.25) is 0 Å². The van der Waals surface area contributed by atoms with E-state index in [9.17, 15) is 0 Å². The van der Waals surface area contributed by atoms with Crippen LogP contribution in [-0.2, 0) is 6.54 Å². The molecule has 0 spiro atoms. The summed E-state index contributed by atoms with van der Waals surface area (Å²) >= 11 is 18.3. The van der Waals surface area contributed by atoms with Crippen molar-refractivity contribution in [3.05, 3.63) is 68.7 Å². The fourth-order valence-corrected chi connectivity index (χ4v) is 3.49. The molecule has 132 valence electrons. The van der Waals surface area contributed by atoms with Crippen LogP contribution in [-0.4, -0.2) is 36.9 Å². The van der Waals surface area contributed by atoms with Crippen LogP contribution < -0.4 is 4.90 Å². The van der Waals surface area contributed by atoms with Crippen molar-refractivity contribution >= 4 is 40.5 Å². The van der Waals surface area contributed by atoms with Gasteiger partial charge in [-0.3, -0.25) is 5.01 Å². The fourth-order valence-electron chi connectivity index (χ4n) is 2.99. The van der Waals surface area contributed by atoms with Crippen molar-refractivity contribution in [1.29, 1.82) is 0 Å². The van der Waals surface area contributed by atoms with Crippen molar-refractivity contribution in [1.82, 2.24) is 5.01 Å². The van der Waals surface area contributed by atoms with Gasteiger partial charge in [-0.25, -0.2) is 0 Å². The second-order valence-corrected chi connectivity index (χ2v) is 7.51. The molecule has 25 heavy (non-hydrogen) atoms. The lowest BCUT2D eigenvalue weighted by molar-refractivity contribution is -0.918. The summed E-state index contributed by atoms with van der Waals surface area (Å²) in [6.07, 6.45) is 0. The van der Waals surface area contributed by atoms with Gasteiger partial charge in [-0.1, -0.05) is 59.1 Å². The normalized spacial score (nSPS) is 16.3. The van der Waals surface area contributed by atoms with Crippen molar-refractivity contribution in [3.63, 3.8) is 0 Å². The molecule has 0 unspecified atom stereocenters. The molecule has 1 saturated heterocycles. The molecule has 0 saturated carbocycles. The number of hydrazone groups is 1. The standard InChI is InChI=1S/C19H20Cl3N3/c1-14(15-6-7-18(21)19(22)12-15)23-25-10-8-24(9-11-25)13-16-4-2-3-5-17(16)20/h2-7,12H,8-11,13H2,1H3/p+1/b23-14-. The molecule has 6 heteroatoms. The van der Waals surface area contributed by atoms with Gasteiger partial charge < -0.3 is 4.90 Å². The highest BCUT2D eigenvalue weighted by molar-refractivity contribution is 6.42. The Kier molecular flexibility index (Phi) is 6.24. The van der Waals surface area contributed by atoms with Gasteiger partial charge in [0.15, 0.2) is 0 Å². The maximum Gasteiger partial charge on any atom is 0.104 e. The highest BCUT2D eigenvalue weighted by Gasteiger charge is 2.20. The molecule has 0 atom stereocenters. The van der Waals surface area contributed by atoms with Crippen LogP contribution in [0, 0.1) is 0 Å². The Labute approximate surface area is 163 Å². The number of halogens is 3. The molecule has 3 nitrogen and oxygen atoms in total. The quantitative estimate of drug-likeness (QED) is 0.779. The minimum absolute atomic E-state index is 0.558. The summed E-state index contributed by atoms with van der Waals surface area (Å²) in [4.78, 5) is 1.53. The number of hydrogen-bond acceptors (Lipinski definition) is 2. The molecule has 2 aromatic carbocycles. The van der Waals surface area contributed by atoms with E-state index >= 15 is 0 Å². The summed E-state index contributed by atoms with van der Waals surface area (Å²) in [7, 11) is 0. The van der Waals surface area contributed by atoms with Crippen molar-refractivity contribution in [3.8, 4) is 0 Å². The number of quaternary nitrogens is 1. The van der Waals surface area contributed by atoms with Gasteiger partial charge in [-0.05, 0) is 30.7 Å². The van der Waals surface area contributed by atoms with Crippen molar-refractivity contribution in [2.24, 2.45) is 5.10 Å². The molecule has 0 aliphatic carbocycles. The molecule has 0 bridgehead atoms. The molecule has 0 radical (unpaired) electrons. The van der Waals surface area contributed by atoms with Crippen LogP contribution in [0.1, 0.15) is 18.1 Å². The Bertz CT molecular complexity index is 768. The number of nitrogens with zero attached hydrogens (tertiary/aromatic N) is 2. The molecular weight excluding hydrogens is 377 g/mol. The van der Waals surface area contributed by atoms with E-state index in [-0.39, 0.29) is 0 Å². The molecule has 0 aromatic heterocycles. The zero-order valence-corrected chi connectivity index (χ0v) is 16.4. The average Bonchev–Trinajstić information content (AvgIpc) is 2.61. The number of piperazine rings is 1. The number of benzene rings is 2. The SMILES string of the molecule is C/C(=N/N1CC[NH+](Cc2ccccc2Cl)CC1)c1ccc(Cl)c(Cl)c1. The summed E-state index contributed by atoms with van der Waals surface area (Å²) < 4.78 is 0. The first-order chi connectivity index (χ1) is 12.0. The van der Waals surface area contributed by atoms with Gasteiger partial charge >= 0.3 is 0 Å². The Morgan fingerprint density at radius 1 is 1.00 bits per heavy atom. The first-order valence-corrected chi connectivity index (χ1v) is 9.49. The van der Waals surface area contributed by atoms with Crippen molar-refractivity contribution in [2.45, 2.75) is 13.5 Å². The summed E-state index contributed by atoms with van der Waals surface area (Å²) in [5, 5.41) is 8.85. The molecule has 1 heterocycles. The number of hydrogen-bond donors (Lipinski definition) is 1. The third-order valence-corrected chi connectivity index (χ3v) is 5.58. The van der Waals surface area contributed by atoms with Crippen molar-refractivity contribution < 1.29 is 4.90 Å². The van der Waals surface area contributed by atoms with Gasteiger partial charge in [0.1, 0.15) is 6.54 Å². The summed E-state index contributed by atoms with van der Waals surface area (Å²) in [6.45, 7) is 6.91. The van der Waals surface area contributed by atoms with E-state index in [1.165, 1.54) is 10.5 Å². The Hall–Kier alpha value is -1.26. The highest BCUT2D eigenvalue weighted by Crippen LogP contribution is 2.23. The maximum atomic E-state index is 6.27. The lowest BCUT2D eigenvalue weighted by Gasteiger charge is -2.31. The van der Waals surface area contributed by atoms with E-state index < -0.39 is 0 Å². The fraction of sp³-hybridized carbons (Fsp3) is 0.316. The number of nitrogens with one attached hydrogen (secondary N) is 1. The lowest BCUT2D eigenvalue weighted by atomic mass is 10.1. The van der Waals surface area contributed by atoms with Crippen LogP contribution in [0.15, 0.2) is 47.6 Å². The van der Waals surface area contributed by atoms with Crippen LogP contribution in [0.2, 0.25) is 15.1 Å². The van der Waals surface area contributed by atoms with E-state index in [2.05, 4.69) is 11.1 Å². The van der Waals surface area contributed by atoms with Gasteiger partial charge in [0.25, 0.3) is 0 Å². The van der Waals surface area contributed by atoms with E-state index in [0.29, 0.717) is 10.0 Å². The predicted molar refractivity (Wildman–Crippen MR) is 106 cm³/mol. The number of rotatable bonds is 4. The lowest BCUT2D eigenvalue weighted by Crippen LogP contribution is -3.13. The maximum absolute atomic E-state index is 6.27. The van der Waals surface area contributed by atoms with Crippen molar-refractivity contribution in [2.75, 3.05) is 26.2 Å². The molecule has 1 N–H and O–H groups in total. The third-order valence-electron chi connectivity index (χ3n) is 4.47. The monoisotopic (exact) mass is 396 g/mol. The zero-order valence-electron chi connectivity index (χ0n) is 14.1. The molecular formula is C19H21Cl3N3+. The summed E-state index contributed by atoms with van der Waals surface area (Å²) in [5.41, 5.74) is 3.16. The third kappa shape index (κ3) is 4.89. The van der Waals surface area contributed by atoms with Gasteiger partial charge in [-0.2, -0.15) is 5.10 Å². The largest absolute Gasteiger partial charge is 0.328 e. The first-order valence-electron chi connectivity index (χ1n) is 8.35. The van der Waals surface area contributed by atoms with Crippen LogP contribution in [0.4, 0.5) is 0 Å². The van der Waals surface area contributed by atoms with Crippen LogP contribution in [0.5, 0.6) is 0 Å². The van der Waals surface area contributed by atoms with Crippen LogP contribution >= 0.6 is 34.8 Å². The molecule has 1 aliphatic heterocycles.